The normalized spacial score (nSPS) is 10.4. The van der Waals surface area contributed by atoms with Crippen molar-refractivity contribution >= 4 is 5.91 Å². The number of nitrogens with two attached hydrogens (primary N) is 1. The third-order valence-electron chi connectivity index (χ3n) is 2.80. The van der Waals surface area contributed by atoms with Gasteiger partial charge in [0.05, 0.1) is 6.42 Å². The summed E-state index contributed by atoms with van der Waals surface area (Å²) in [5.41, 5.74) is 6.34. The van der Waals surface area contributed by atoms with Gasteiger partial charge in [-0.15, -0.1) is 0 Å². The number of carbonyl (C=O) groups excluding carboxylic acids is 1. The molecule has 0 aromatic heterocycles. The average molecular weight is 252 g/mol. The molecule has 100 valence electrons. The van der Waals surface area contributed by atoms with Crippen LogP contribution in [0.2, 0.25) is 0 Å². The standard InChI is InChI=1S/C14H21FN2O/c1-2-3-9-17(10-8-16)14(18)11-12-4-6-13(15)7-5-12/h4-7H,2-3,8-11,16H2,1H3. The van der Waals surface area contributed by atoms with Gasteiger partial charge < -0.3 is 10.6 Å². The first-order chi connectivity index (χ1) is 8.67. The first-order valence-electron chi connectivity index (χ1n) is 6.39. The maximum absolute atomic E-state index is 12.8. The third kappa shape index (κ3) is 4.84. The van der Waals surface area contributed by atoms with Gasteiger partial charge in [-0.25, -0.2) is 4.39 Å². The minimum Gasteiger partial charge on any atom is -0.341 e. The van der Waals surface area contributed by atoms with E-state index in [1.807, 2.05) is 0 Å². The van der Waals surface area contributed by atoms with E-state index >= 15 is 0 Å². The van der Waals surface area contributed by atoms with E-state index in [0.717, 1.165) is 24.9 Å². The second kappa shape index (κ2) is 7.82. The van der Waals surface area contributed by atoms with Gasteiger partial charge in [0.1, 0.15) is 5.82 Å². The zero-order chi connectivity index (χ0) is 13.4. The van der Waals surface area contributed by atoms with Gasteiger partial charge >= 0.3 is 0 Å². The Labute approximate surface area is 108 Å². The van der Waals surface area contributed by atoms with Crippen LogP contribution in [0.4, 0.5) is 4.39 Å². The molecule has 1 aromatic carbocycles. The molecule has 0 fully saturated rings. The Kier molecular flexibility index (Phi) is 6.36. The van der Waals surface area contributed by atoms with Crippen LogP contribution >= 0.6 is 0 Å². The Morgan fingerprint density at radius 3 is 2.50 bits per heavy atom. The van der Waals surface area contributed by atoms with Crippen LogP contribution in [0.3, 0.4) is 0 Å². The summed E-state index contributed by atoms with van der Waals surface area (Å²) in [5, 5.41) is 0. The topological polar surface area (TPSA) is 46.3 Å². The van der Waals surface area contributed by atoms with Crippen molar-refractivity contribution in [3.63, 3.8) is 0 Å². The summed E-state index contributed by atoms with van der Waals surface area (Å²) in [5.74, 6) is -0.225. The van der Waals surface area contributed by atoms with Crippen molar-refractivity contribution in [2.24, 2.45) is 5.73 Å². The zero-order valence-corrected chi connectivity index (χ0v) is 10.9. The van der Waals surface area contributed by atoms with Gasteiger partial charge in [-0.3, -0.25) is 4.79 Å². The molecule has 1 amide bonds. The number of nitrogens with zero attached hydrogens (tertiary/aromatic N) is 1. The van der Waals surface area contributed by atoms with Crippen LogP contribution in [0.5, 0.6) is 0 Å². The van der Waals surface area contributed by atoms with Crippen molar-refractivity contribution in [1.29, 1.82) is 0 Å². The van der Waals surface area contributed by atoms with E-state index in [0.29, 0.717) is 19.5 Å². The molecule has 2 N–H and O–H groups in total. The average Bonchev–Trinajstić information content (AvgIpc) is 2.37. The second-order valence-electron chi connectivity index (χ2n) is 4.33. The number of unbranched alkanes of at least 4 members (excludes halogenated alkanes) is 1. The molecule has 0 unspecified atom stereocenters. The summed E-state index contributed by atoms with van der Waals surface area (Å²) in [6.45, 7) is 3.89. The fourth-order valence-electron chi connectivity index (χ4n) is 1.75. The van der Waals surface area contributed by atoms with Gasteiger partial charge in [-0.05, 0) is 24.1 Å². The minimum absolute atomic E-state index is 0.0560. The van der Waals surface area contributed by atoms with Crippen LogP contribution < -0.4 is 5.73 Å². The number of hydrogen-bond donors (Lipinski definition) is 1. The van der Waals surface area contributed by atoms with Crippen LogP contribution in [0, 0.1) is 5.82 Å². The summed E-state index contributed by atoms with van der Waals surface area (Å²) < 4.78 is 12.8. The maximum Gasteiger partial charge on any atom is 0.227 e. The molecule has 1 rings (SSSR count). The lowest BCUT2D eigenvalue weighted by Gasteiger charge is -2.21. The van der Waals surface area contributed by atoms with Crippen LogP contribution in [0.25, 0.3) is 0 Å². The number of amides is 1. The molecule has 0 aliphatic carbocycles. The van der Waals surface area contributed by atoms with Crippen LogP contribution in [-0.4, -0.2) is 30.4 Å². The Hall–Kier alpha value is -1.42. The molecule has 3 nitrogen and oxygen atoms in total. The molecule has 1 aromatic rings. The van der Waals surface area contributed by atoms with Crippen molar-refractivity contribution in [2.45, 2.75) is 26.2 Å². The highest BCUT2D eigenvalue weighted by Crippen LogP contribution is 2.06. The van der Waals surface area contributed by atoms with Gasteiger partial charge in [0, 0.05) is 19.6 Å². The fraction of sp³-hybridized carbons (Fsp3) is 0.500. The van der Waals surface area contributed by atoms with Crippen LogP contribution in [0.15, 0.2) is 24.3 Å². The van der Waals surface area contributed by atoms with E-state index in [2.05, 4.69) is 6.92 Å². The molecule has 0 aliphatic heterocycles. The fourth-order valence-corrected chi connectivity index (χ4v) is 1.75. The monoisotopic (exact) mass is 252 g/mol. The van der Waals surface area contributed by atoms with E-state index in [9.17, 15) is 9.18 Å². The van der Waals surface area contributed by atoms with Gasteiger partial charge in [0.15, 0.2) is 0 Å². The smallest absolute Gasteiger partial charge is 0.227 e. The van der Waals surface area contributed by atoms with Crippen molar-refractivity contribution in [3.8, 4) is 0 Å². The van der Waals surface area contributed by atoms with E-state index in [4.69, 9.17) is 5.73 Å². The highest BCUT2D eigenvalue weighted by atomic mass is 19.1. The summed E-state index contributed by atoms with van der Waals surface area (Å²) in [4.78, 5) is 13.9. The SMILES string of the molecule is CCCCN(CCN)C(=O)Cc1ccc(F)cc1. The van der Waals surface area contributed by atoms with Gasteiger partial charge in [0.2, 0.25) is 5.91 Å². The van der Waals surface area contributed by atoms with E-state index in [-0.39, 0.29) is 11.7 Å². The Bertz CT molecular complexity index is 365. The van der Waals surface area contributed by atoms with Gasteiger partial charge in [-0.1, -0.05) is 25.5 Å². The van der Waals surface area contributed by atoms with E-state index in [1.165, 1.54) is 12.1 Å². The molecule has 18 heavy (non-hydrogen) atoms. The maximum atomic E-state index is 12.8. The minimum atomic E-state index is -0.281. The van der Waals surface area contributed by atoms with Gasteiger partial charge in [-0.2, -0.15) is 0 Å². The number of hydrogen-bond acceptors (Lipinski definition) is 2. The number of carbonyl (C=O) groups is 1. The summed E-state index contributed by atoms with van der Waals surface area (Å²) in [6, 6.07) is 6.05. The molecule has 0 saturated heterocycles. The highest BCUT2D eigenvalue weighted by molar-refractivity contribution is 5.78. The molecule has 0 bridgehead atoms. The lowest BCUT2D eigenvalue weighted by atomic mass is 10.1. The molecule has 0 heterocycles. The lowest BCUT2D eigenvalue weighted by molar-refractivity contribution is -0.130. The molecular weight excluding hydrogens is 231 g/mol. The van der Waals surface area contributed by atoms with Crippen molar-refractivity contribution < 1.29 is 9.18 Å². The van der Waals surface area contributed by atoms with Crippen molar-refractivity contribution in [1.82, 2.24) is 4.90 Å². The molecule has 0 atom stereocenters. The lowest BCUT2D eigenvalue weighted by Crippen LogP contribution is -2.37. The number of rotatable bonds is 7. The third-order valence-corrected chi connectivity index (χ3v) is 2.80. The predicted octanol–water partition coefficient (Wildman–Crippen LogP) is 1.96. The molecule has 0 aliphatic rings. The largest absolute Gasteiger partial charge is 0.341 e. The first-order valence-corrected chi connectivity index (χ1v) is 6.39. The summed E-state index contributed by atoms with van der Waals surface area (Å²) >= 11 is 0. The highest BCUT2D eigenvalue weighted by Gasteiger charge is 2.12. The Morgan fingerprint density at radius 2 is 1.94 bits per heavy atom. The molecular formula is C14H21FN2O. The first kappa shape index (κ1) is 14.6. The molecule has 0 saturated carbocycles. The van der Waals surface area contributed by atoms with Crippen molar-refractivity contribution in [3.05, 3.63) is 35.6 Å². The molecule has 0 radical (unpaired) electrons. The van der Waals surface area contributed by atoms with Crippen LogP contribution in [-0.2, 0) is 11.2 Å². The van der Waals surface area contributed by atoms with Crippen LogP contribution in [0.1, 0.15) is 25.3 Å². The molecule has 4 heteroatoms. The second-order valence-corrected chi connectivity index (χ2v) is 4.33. The van der Waals surface area contributed by atoms with E-state index < -0.39 is 0 Å². The zero-order valence-electron chi connectivity index (χ0n) is 10.9. The predicted molar refractivity (Wildman–Crippen MR) is 70.6 cm³/mol. The quantitative estimate of drug-likeness (QED) is 0.806. The Balaban J connectivity index is 2.57. The molecule has 0 spiro atoms. The Morgan fingerprint density at radius 1 is 1.28 bits per heavy atom. The van der Waals surface area contributed by atoms with Crippen molar-refractivity contribution in [2.75, 3.05) is 19.6 Å². The number of halogens is 1. The van der Waals surface area contributed by atoms with E-state index in [1.54, 1.807) is 17.0 Å². The summed E-state index contributed by atoms with van der Waals surface area (Å²) in [7, 11) is 0. The summed E-state index contributed by atoms with van der Waals surface area (Å²) in [6.07, 6.45) is 2.34. The number of benzene rings is 1. The van der Waals surface area contributed by atoms with Gasteiger partial charge in [0.25, 0.3) is 0 Å².